The van der Waals surface area contributed by atoms with Crippen LogP contribution in [0.1, 0.15) is 30.9 Å². The molecule has 1 aliphatic heterocycles. The van der Waals surface area contributed by atoms with Crippen LogP contribution in [0.4, 0.5) is 4.39 Å². The zero-order chi connectivity index (χ0) is 23.5. The van der Waals surface area contributed by atoms with E-state index in [4.69, 9.17) is 9.72 Å². The molecule has 0 aliphatic carbocycles. The first-order valence-electron chi connectivity index (χ1n) is 11.8. The van der Waals surface area contributed by atoms with E-state index in [-0.39, 0.29) is 17.8 Å². The van der Waals surface area contributed by atoms with E-state index in [0.717, 1.165) is 46.6 Å². The summed E-state index contributed by atoms with van der Waals surface area (Å²) in [5.41, 5.74) is 3.71. The molecule has 3 aromatic carbocycles. The number of benzene rings is 3. The minimum absolute atomic E-state index is 0.157. The average Bonchev–Trinajstić information content (AvgIpc) is 3.26. The number of hydrogen-bond donors (Lipinski definition) is 0. The maximum Gasteiger partial charge on any atom is 0.222 e. The molecule has 174 valence electrons. The number of hydrogen-bond acceptors (Lipinski definition) is 3. The molecule has 1 saturated heterocycles. The molecule has 0 atom stereocenters. The molecule has 34 heavy (non-hydrogen) atoms. The Labute approximate surface area is 198 Å². The molecular weight excluding hydrogens is 429 g/mol. The van der Waals surface area contributed by atoms with Crippen LogP contribution in [0.15, 0.2) is 72.8 Å². The SMILES string of the molecule is COc1cccc(CCC(=O)N2CCC(n3c(-c4ccccc4)nc4ccc(F)cc43)CC2)c1. The van der Waals surface area contributed by atoms with Gasteiger partial charge in [0, 0.05) is 31.1 Å². The van der Waals surface area contributed by atoms with Gasteiger partial charge < -0.3 is 14.2 Å². The van der Waals surface area contributed by atoms with Crippen LogP contribution < -0.4 is 4.74 Å². The van der Waals surface area contributed by atoms with Crippen molar-refractivity contribution in [2.45, 2.75) is 31.7 Å². The van der Waals surface area contributed by atoms with E-state index < -0.39 is 0 Å². The van der Waals surface area contributed by atoms with Crippen LogP contribution in [0.3, 0.4) is 0 Å². The van der Waals surface area contributed by atoms with Gasteiger partial charge >= 0.3 is 0 Å². The Hall–Kier alpha value is -3.67. The summed E-state index contributed by atoms with van der Waals surface area (Å²) >= 11 is 0. The van der Waals surface area contributed by atoms with E-state index in [1.54, 1.807) is 19.2 Å². The number of piperidine rings is 1. The zero-order valence-corrected chi connectivity index (χ0v) is 19.3. The second-order valence-electron chi connectivity index (χ2n) is 8.77. The standard InChI is InChI=1S/C28H28FN3O2/c1-34-24-9-5-6-20(18-24)10-13-27(33)31-16-14-23(15-17-31)32-26-19-22(29)11-12-25(26)30-28(32)21-7-3-2-4-8-21/h2-9,11-12,18-19,23H,10,13-17H2,1H3. The van der Waals surface area contributed by atoms with Crippen LogP contribution >= 0.6 is 0 Å². The number of ether oxygens (including phenoxy) is 1. The third-order valence-electron chi connectivity index (χ3n) is 6.63. The fourth-order valence-electron chi connectivity index (χ4n) is 4.84. The van der Waals surface area contributed by atoms with Gasteiger partial charge in [0.05, 0.1) is 18.1 Å². The van der Waals surface area contributed by atoms with Gasteiger partial charge in [-0.3, -0.25) is 4.79 Å². The molecule has 0 spiro atoms. The fraction of sp³-hybridized carbons (Fsp3) is 0.286. The minimum atomic E-state index is -0.265. The molecule has 1 aliphatic rings. The predicted octanol–water partition coefficient (Wildman–Crippen LogP) is 5.65. The number of aromatic nitrogens is 2. The number of rotatable bonds is 6. The summed E-state index contributed by atoms with van der Waals surface area (Å²) in [7, 11) is 1.65. The van der Waals surface area contributed by atoms with E-state index in [1.165, 1.54) is 6.07 Å². The maximum absolute atomic E-state index is 14.1. The van der Waals surface area contributed by atoms with E-state index in [2.05, 4.69) is 4.57 Å². The molecule has 4 aromatic rings. The van der Waals surface area contributed by atoms with Crippen molar-refractivity contribution < 1.29 is 13.9 Å². The lowest BCUT2D eigenvalue weighted by molar-refractivity contribution is -0.132. The first-order valence-corrected chi connectivity index (χ1v) is 11.8. The fourth-order valence-corrected chi connectivity index (χ4v) is 4.84. The van der Waals surface area contributed by atoms with Crippen molar-refractivity contribution in [1.82, 2.24) is 14.5 Å². The Morgan fingerprint density at radius 3 is 2.59 bits per heavy atom. The highest BCUT2D eigenvalue weighted by Crippen LogP contribution is 2.34. The van der Waals surface area contributed by atoms with Gasteiger partial charge in [0.2, 0.25) is 5.91 Å². The Morgan fingerprint density at radius 1 is 1.03 bits per heavy atom. The predicted molar refractivity (Wildman–Crippen MR) is 131 cm³/mol. The smallest absolute Gasteiger partial charge is 0.222 e. The third-order valence-corrected chi connectivity index (χ3v) is 6.63. The Bertz CT molecular complexity index is 1290. The number of aryl methyl sites for hydroxylation is 1. The average molecular weight is 458 g/mol. The van der Waals surface area contributed by atoms with Crippen molar-refractivity contribution in [3.63, 3.8) is 0 Å². The quantitative estimate of drug-likeness (QED) is 0.376. The van der Waals surface area contributed by atoms with Gasteiger partial charge in [-0.05, 0) is 55.2 Å². The van der Waals surface area contributed by atoms with Crippen molar-refractivity contribution in [3.05, 3.63) is 84.2 Å². The van der Waals surface area contributed by atoms with Gasteiger partial charge in [-0.15, -0.1) is 0 Å². The monoisotopic (exact) mass is 457 g/mol. The molecule has 2 heterocycles. The van der Waals surface area contributed by atoms with Gasteiger partial charge in [0.15, 0.2) is 0 Å². The lowest BCUT2D eigenvalue weighted by Gasteiger charge is -2.34. The van der Waals surface area contributed by atoms with E-state index in [1.807, 2.05) is 59.5 Å². The molecule has 0 N–H and O–H groups in total. The molecule has 1 fully saturated rings. The highest BCUT2D eigenvalue weighted by atomic mass is 19.1. The largest absolute Gasteiger partial charge is 0.497 e. The van der Waals surface area contributed by atoms with Gasteiger partial charge in [-0.2, -0.15) is 0 Å². The Balaban J connectivity index is 1.31. The third kappa shape index (κ3) is 4.53. The second kappa shape index (κ2) is 9.67. The van der Waals surface area contributed by atoms with Crippen LogP contribution in [-0.2, 0) is 11.2 Å². The molecule has 1 amide bonds. The highest BCUT2D eigenvalue weighted by molar-refractivity contribution is 5.81. The maximum atomic E-state index is 14.1. The second-order valence-corrected chi connectivity index (χ2v) is 8.77. The summed E-state index contributed by atoms with van der Waals surface area (Å²) in [6.07, 6.45) is 2.80. The summed E-state index contributed by atoms with van der Waals surface area (Å²) in [6, 6.07) is 22.8. The van der Waals surface area contributed by atoms with E-state index in [9.17, 15) is 9.18 Å². The summed E-state index contributed by atoms with van der Waals surface area (Å²) in [5, 5.41) is 0. The van der Waals surface area contributed by atoms with Crippen molar-refractivity contribution in [1.29, 1.82) is 0 Å². The molecule has 0 bridgehead atoms. The lowest BCUT2D eigenvalue weighted by Crippen LogP contribution is -2.39. The van der Waals surface area contributed by atoms with Crippen LogP contribution in [0.25, 0.3) is 22.4 Å². The number of nitrogens with zero attached hydrogens (tertiary/aromatic N) is 3. The number of halogens is 1. The van der Waals surface area contributed by atoms with Gasteiger partial charge in [0.25, 0.3) is 0 Å². The van der Waals surface area contributed by atoms with Gasteiger partial charge in [-0.25, -0.2) is 9.37 Å². The first-order chi connectivity index (χ1) is 16.6. The van der Waals surface area contributed by atoms with Crippen molar-refractivity contribution >= 4 is 16.9 Å². The number of methoxy groups -OCH3 is 1. The molecular formula is C28H28FN3O2. The number of likely N-dealkylation sites (tertiary alicyclic amines) is 1. The lowest BCUT2D eigenvalue weighted by atomic mass is 10.0. The number of fused-ring (bicyclic) bond motifs is 1. The van der Waals surface area contributed by atoms with E-state index in [0.29, 0.717) is 25.9 Å². The van der Waals surface area contributed by atoms with Crippen LogP contribution in [0.2, 0.25) is 0 Å². The number of carbonyl (C=O) groups excluding carboxylic acids is 1. The van der Waals surface area contributed by atoms with Crippen molar-refractivity contribution in [2.24, 2.45) is 0 Å². The zero-order valence-electron chi connectivity index (χ0n) is 19.3. The normalized spacial score (nSPS) is 14.5. The molecule has 0 unspecified atom stereocenters. The summed E-state index contributed by atoms with van der Waals surface area (Å²) < 4.78 is 21.6. The number of amides is 1. The van der Waals surface area contributed by atoms with Crippen LogP contribution in [0, 0.1) is 5.82 Å². The molecule has 0 radical (unpaired) electrons. The molecule has 1 aromatic heterocycles. The summed E-state index contributed by atoms with van der Waals surface area (Å²) in [4.78, 5) is 19.7. The van der Waals surface area contributed by atoms with Crippen LogP contribution in [0.5, 0.6) is 5.75 Å². The Kier molecular flexibility index (Phi) is 6.30. The highest BCUT2D eigenvalue weighted by Gasteiger charge is 2.27. The first kappa shape index (κ1) is 22.1. The molecule has 5 nitrogen and oxygen atoms in total. The number of carbonyl (C=O) groups is 1. The molecule has 6 heteroatoms. The Morgan fingerprint density at radius 2 is 1.82 bits per heavy atom. The summed E-state index contributed by atoms with van der Waals surface area (Å²) in [6.45, 7) is 1.37. The van der Waals surface area contributed by atoms with Crippen LogP contribution in [-0.4, -0.2) is 40.6 Å². The van der Waals surface area contributed by atoms with Crippen molar-refractivity contribution in [3.8, 4) is 17.1 Å². The summed E-state index contributed by atoms with van der Waals surface area (Å²) in [5.74, 6) is 1.57. The van der Waals surface area contributed by atoms with Crippen molar-refractivity contribution in [2.75, 3.05) is 20.2 Å². The molecule has 5 rings (SSSR count). The van der Waals surface area contributed by atoms with Gasteiger partial charge in [-0.1, -0.05) is 42.5 Å². The topological polar surface area (TPSA) is 47.4 Å². The van der Waals surface area contributed by atoms with E-state index >= 15 is 0 Å². The number of imidazole rings is 1. The van der Waals surface area contributed by atoms with Gasteiger partial charge in [0.1, 0.15) is 17.4 Å². The minimum Gasteiger partial charge on any atom is -0.497 e. The molecule has 0 saturated carbocycles.